The van der Waals surface area contributed by atoms with Crippen LogP contribution < -0.4 is 5.73 Å². The zero-order valence-electron chi connectivity index (χ0n) is 13.8. The summed E-state index contributed by atoms with van der Waals surface area (Å²) in [7, 11) is 0. The molecule has 7 heteroatoms. The van der Waals surface area contributed by atoms with Crippen LogP contribution in [0.5, 0.6) is 0 Å². The average molecular weight is 342 g/mol. The first kappa shape index (κ1) is 16.0. The van der Waals surface area contributed by atoms with Gasteiger partial charge < -0.3 is 15.9 Å². The Morgan fingerprint density at radius 1 is 1.36 bits per heavy atom. The number of anilines is 1. The first-order valence-electron chi connectivity index (χ1n) is 8.21. The number of aliphatic hydroxyl groups excluding tert-OH is 2. The van der Waals surface area contributed by atoms with Gasteiger partial charge in [0.25, 0.3) is 0 Å². The van der Waals surface area contributed by atoms with Gasteiger partial charge in [-0.2, -0.15) is 5.10 Å². The Hall–Kier alpha value is -2.51. The summed E-state index contributed by atoms with van der Waals surface area (Å²) in [5.74, 6) is 0.0116. The summed E-state index contributed by atoms with van der Waals surface area (Å²) in [4.78, 5) is 4.04. The third-order valence-electron chi connectivity index (χ3n) is 4.87. The van der Waals surface area contributed by atoms with Crippen molar-refractivity contribution in [2.24, 2.45) is 5.92 Å². The van der Waals surface area contributed by atoms with Crippen molar-refractivity contribution in [1.29, 1.82) is 0 Å². The van der Waals surface area contributed by atoms with Gasteiger partial charge >= 0.3 is 0 Å². The van der Waals surface area contributed by atoms with E-state index in [-0.39, 0.29) is 23.9 Å². The lowest BCUT2D eigenvalue weighted by atomic mass is 9.99. The molecule has 25 heavy (non-hydrogen) atoms. The van der Waals surface area contributed by atoms with Gasteiger partial charge in [-0.25, -0.2) is 13.9 Å². The lowest BCUT2D eigenvalue weighted by Gasteiger charge is -2.09. The summed E-state index contributed by atoms with van der Waals surface area (Å²) >= 11 is 0. The van der Waals surface area contributed by atoms with Crippen molar-refractivity contribution in [1.82, 2.24) is 14.6 Å². The summed E-state index contributed by atoms with van der Waals surface area (Å²) in [5, 5.41) is 24.1. The van der Waals surface area contributed by atoms with Gasteiger partial charge in [0.1, 0.15) is 17.7 Å². The minimum atomic E-state index is -0.641. The fourth-order valence-electron chi connectivity index (χ4n) is 3.31. The Labute approximate surface area is 143 Å². The fraction of sp³-hybridized carbons (Fsp3) is 0.333. The summed E-state index contributed by atoms with van der Waals surface area (Å²) in [6, 6.07) is 4.97. The highest BCUT2D eigenvalue weighted by Crippen LogP contribution is 2.43. The molecule has 1 aliphatic rings. The molecule has 0 radical (unpaired) electrons. The number of nitrogen functional groups attached to an aromatic ring is 1. The molecule has 0 spiro atoms. The van der Waals surface area contributed by atoms with Crippen molar-refractivity contribution in [3.05, 3.63) is 47.2 Å². The molecule has 1 unspecified atom stereocenters. The summed E-state index contributed by atoms with van der Waals surface area (Å²) < 4.78 is 15.9. The van der Waals surface area contributed by atoms with Gasteiger partial charge in [0, 0.05) is 11.1 Å². The molecule has 1 saturated carbocycles. The van der Waals surface area contributed by atoms with E-state index in [4.69, 9.17) is 5.73 Å². The number of nitrogens with two attached hydrogens (primary N) is 1. The van der Waals surface area contributed by atoms with Crippen LogP contribution in [0.2, 0.25) is 0 Å². The molecule has 1 aliphatic carbocycles. The maximum atomic E-state index is 14.3. The predicted molar refractivity (Wildman–Crippen MR) is 91.1 cm³/mol. The molecule has 0 saturated heterocycles. The van der Waals surface area contributed by atoms with Crippen LogP contribution in [0.3, 0.4) is 0 Å². The van der Waals surface area contributed by atoms with Crippen LogP contribution in [-0.2, 0) is 6.61 Å². The molecule has 4 rings (SSSR count). The molecule has 3 aromatic rings. The number of hydrogen-bond donors (Lipinski definition) is 3. The summed E-state index contributed by atoms with van der Waals surface area (Å²) in [5.41, 5.74) is 9.42. The van der Waals surface area contributed by atoms with Crippen molar-refractivity contribution in [2.75, 3.05) is 5.73 Å². The standard InChI is InChI=1S/C18H19FN4O2/c1-9-4-11(5-14(19)13(9)7-24)12-6-15(17(25)10-2-3-10)23-16(12)18(20)21-8-22-23/h4-6,8,10,17,24-25H,2-3,7H2,1H3,(H2,20,21,22). The predicted octanol–water partition coefficient (Wildman–Crippen LogP) is 2.36. The maximum Gasteiger partial charge on any atom is 0.151 e. The highest BCUT2D eigenvalue weighted by Gasteiger charge is 2.33. The molecule has 1 fully saturated rings. The van der Waals surface area contributed by atoms with Crippen LogP contribution >= 0.6 is 0 Å². The third-order valence-corrected chi connectivity index (χ3v) is 4.87. The lowest BCUT2D eigenvalue weighted by molar-refractivity contribution is 0.147. The SMILES string of the molecule is Cc1cc(-c2cc(C(O)C3CC3)n3ncnc(N)c23)cc(F)c1CO. The number of aliphatic hydroxyl groups is 2. The quantitative estimate of drug-likeness (QED) is 0.676. The number of aromatic nitrogens is 3. The van der Waals surface area contributed by atoms with Gasteiger partial charge in [-0.3, -0.25) is 0 Å². The van der Waals surface area contributed by atoms with E-state index in [2.05, 4.69) is 10.1 Å². The molecule has 130 valence electrons. The van der Waals surface area contributed by atoms with Crippen molar-refractivity contribution in [3.63, 3.8) is 0 Å². The Morgan fingerprint density at radius 2 is 2.12 bits per heavy atom. The van der Waals surface area contributed by atoms with E-state index in [0.29, 0.717) is 27.9 Å². The Bertz CT molecular complexity index is 942. The Morgan fingerprint density at radius 3 is 2.76 bits per heavy atom. The van der Waals surface area contributed by atoms with Gasteiger partial charge in [-0.15, -0.1) is 0 Å². The fourth-order valence-corrected chi connectivity index (χ4v) is 3.31. The molecule has 4 N–H and O–H groups in total. The van der Waals surface area contributed by atoms with Crippen molar-refractivity contribution < 1.29 is 14.6 Å². The molecule has 0 amide bonds. The van der Waals surface area contributed by atoms with E-state index in [1.807, 2.05) is 0 Å². The number of nitrogens with zero attached hydrogens (tertiary/aromatic N) is 3. The highest BCUT2D eigenvalue weighted by molar-refractivity contribution is 5.88. The van der Waals surface area contributed by atoms with Crippen LogP contribution in [0.1, 0.15) is 35.8 Å². The minimum absolute atomic E-state index is 0.220. The van der Waals surface area contributed by atoms with Crippen LogP contribution in [0.25, 0.3) is 16.6 Å². The molecule has 1 aromatic carbocycles. The van der Waals surface area contributed by atoms with E-state index in [1.54, 1.807) is 23.6 Å². The van der Waals surface area contributed by atoms with Crippen LogP contribution in [0.15, 0.2) is 24.5 Å². The zero-order valence-corrected chi connectivity index (χ0v) is 13.8. The van der Waals surface area contributed by atoms with Crippen LogP contribution in [-0.4, -0.2) is 24.8 Å². The van der Waals surface area contributed by atoms with Gasteiger partial charge in [0.05, 0.1) is 18.4 Å². The average Bonchev–Trinajstić information content (AvgIpc) is 3.34. The number of benzene rings is 1. The number of halogens is 1. The number of aryl methyl sites for hydroxylation is 1. The van der Waals surface area contributed by atoms with Gasteiger partial charge in [-0.1, -0.05) is 6.07 Å². The second-order valence-electron chi connectivity index (χ2n) is 6.58. The number of rotatable bonds is 4. The topological polar surface area (TPSA) is 96.7 Å². The summed E-state index contributed by atoms with van der Waals surface area (Å²) in [6.45, 7) is 1.39. The molecule has 6 nitrogen and oxygen atoms in total. The molecule has 1 atom stereocenters. The maximum absolute atomic E-state index is 14.3. The van der Waals surface area contributed by atoms with Crippen LogP contribution in [0.4, 0.5) is 10.2 Å². The van der Waals surface area contributed by atoms with E-state index < -0.39 is 11.9 Å². The largest absolute Gasteiger partial charge is 0.392 e. The molecule has 0 bridgehead atoms. The highest BCUT2D eigenvalue weighted by atomic mass is 19.1. The normalized spacial score (nSPS) is 15.7. The van der Waals surface area contributed by atoms with E-state index in [1.165, 1.54) is 12.4 Å². The number of hydrogen-bond acceptors (Lipinski definition) is 5. The van der Waals surface area contributed by atoms with Gasteiger partial charge in [0.15, 0.2) is 5.82 Å². The first-order valence-corrected chi connectivity index (χ1v) is 8.21. The molecular weight excluding hydrogens is 323 g/mol. The second-order valence-corrected chi connectivity index (χ2v) is 6.58. The number of fused-ring (bicyclic) bond motifs is 1. The van der Waals surface area contributed by atoms with Crippen molar-refractivity contribution in [2.45, 2.75) is 32.5 Å². The summed E-state index contributed by atoms with van der Waals surface area (Å²) in [6.07, 6.45) is 2.65. The van der Waals surface area contributed by atoms with Gasteiger partial charge in [0.2, 0.25) is 0 Å². The molecule has 2 aromatic heterocycles. The smallest absolute Gasteiger partial charge is 0.151 e. The Kier molecular flexibility index (Phi) is 3.70. The molecule has 0 aliphatic heterocycles. The monoisotopic (exact) mass is 342 g/mol. The van der Waals surface area contributed by atoms with Crippen LogP contribution in [0, 0.1) is 18.7 Å². The van der Waals surface area contributed by atoms with Gasteiger partial charge in [-0.05, 0) is 48.9 Å². The zero-order chi connectivity index (χ0) is 17.7. The van der Waals surface area contributed by atoms with E-state index in [9.17, 15) is 14.6 Å². The lowest BCUT2D eigenvalue weighted by Crippen LogP contribution is -2.07. The van der Waals surface area contributed by atoms with E-state index >= 15 is 0 Å². The Balaban J connectivity index is 1.96. The third kappa shape index (κ3) is 2.56. The molecular formula is C18H19FN4O2. The van der Waals surface area contributed by atoms with Crippen molar-refractivity contribution in [3.8, 4) is 11.1 Å². The van der Waals surface area contributed by atoms with Crippen molar-refractivity contribution >= 4 is 11.3 Å². The second kappa shape index (κ2) is 5.79. The van der Waals surface area contributed by atoms with E-state index in [0.717, 1.165) is 12.8 Å². The minimum Gasteiger partial charge on any atom is -0.392 e. The molecule has 2 heterocycles. The first-order chi connectivity index (χ1) is 12.0.